The van der Waals surface area contributed by atoms with E-state index in [0.29, 0.717) is 22.1 Å². The zero-order chi connectivity index (χ0) is 18.8. The molecule has 1 aromatic carbocycles. The van der Waals surface area contributed by atoms with Gasteiger partial charge in [-0.05, 0) is 45.6 Å². The van der Waals surface area contributed by atoms with Crippen LogP contribution in [0.3, 0.4) is 0 Å². The molecule has 27 heavy (non-hydrogen) atoms. The molecule has 0 aliphatic heterocycles. The first-order valence-electron chi connectivity index (χ1n) is 7.81. The molecular weight excluding hydrogens is 450 g/mol. The molecule has 7 nitrogen and oxygen atoms in total. The number of carbonyl (C=O) groups excluding carboxylic acids is 1. The van der Waals surface area contributed by atoms with Gasteiger partial charge in [0.25, 0.3) is 5.56 Å². The Labute approximate surface area is 169 Å². The van der Waals surface area contributed by atoms with Gasteiger partial charge in [-0.25, -0.2) is 9.61 Å². The molecule has 4 rings (SSSR count). The van der Waals surface area contributed by atoms with Gasteiger partial charge < -0.3 is 5.32 Å². The van der Waals surface area contributed by atoms with Crippen LogP contribution in [0.15, 0.2) is 62.3 Å². The van der Waals surface area contributed by atoms with Crippen LogP contribution in [0.25, 0.3) is 16.1 Å². The van der Waals surface area contributed by atoms with E-state index in [4.69, 9.17) is 0 Å². The Morgan fingerprint density at radius 3 is 2.93 bits per heavy atom. The van der Waals surface area contributed by atoms with Gasteiger partial charge in [0.1, 0.15) is 11.2 Å². The average Bonchev–Trinajstić information content (AvgIpc) is 3.33. The van der Waals surface area contributed by atoms with Crippen LogP contribution in [0, 0.1) is 0 Å². The second kappa shape index (κ2) is 7.67. The van der Waals surface area contributed by atoms with Gasteiger partial charge in [-0.15, -0.1) is 16.4 Å². The van der Waals surface area contributed by atoms with Gasteiger partial charge in [0.2, 0.25) is 11.1 Å². The lowest BCUT2D eigenvalue weighted by Gasteiger charge is -2.07. The van der Waals surface area contributed by atoms with Crippen molar-refractivity contribution in [2.45, 2.75) is 5.16 Å². The number of benzene rings is 1. The number of nitrogens with zero attached hydrogens (tertiary/aromatic N) is 3. The van der Waals surface area contributed by atoms with Crippen LogP contribution in [0.4, 0.5) is 5.69 Å². The van der Waals surface area contributed by atoms with Gasteiger partial charge in [0.15, 0.2) is 0 Å². The Morgan fingerprint density at radius 2 is 2.15 bits per heavy atom. The number of nitrogens with one attached hydrogen (secondary N) is 2. The van der Waals surface area contributed by atoms with Gasteiger partial charge >= 0.3 is 0 Å². The third kappa shape index (κ3) is 3.82. The van der Waals surface area contributed by atoms with E-state index in [2.05, 4.69) is 36.5 Å². The molecule has 0 aliphatic rings. The van der Waals surface area contributed by atoms with E-state index < -0.39 is 0 Å². The maximum Gasteiger partial charge on any atom is 0.290 e. The van der Waals surface area contributed by atoms with E-state index in [-0.39, 0.29) is 17.2 Å². The van der Waals surface area contributed by atoms with Crippen molar-refractivity contribution in [2.24, 2.45) is 0 Å². The number of H-pyrrole nitrogens is 1. The summed E-state index contributed by atoms with van der Waals surface area (Å²) >= 11 is 6.13. The lowest BCUT2D eigenvalue weighted by molar-refractivity contribution is -0.113. The van der Waals surface area contributed by atoms with Crippen molar-refractivity contribution in [1.82, 2.24) is 19.8 Å². The first-order chi connectivity index (χ1) is 13.1. The molecule has 3 heterocycles. The second-order valence-electron chi connectivity index (χ2n) is 5.46. The normalized spacial score (nSPS) is 11.0. The van der Waals surface area contributed by atoms with Crippen molar-refractivity contribution < 1.29 is 4.79 Å². The topological polar surface area (TPSA) is 92.2 Å². The van der Waals surface area contributed by atoms with Crippen molar-refractivity contribution >= 4 is 56.1 Å². The van der Waals surface area contributed by atoms with E-state index in [0.717, 1.165) is 9.35 Å². The Morgan fingerprint density at radius 1 is 1.30 bits per heavy atom. The van der Waals surface area contributed by atoms with Crippen molar-refractivity contribution in [3.63, 3.8) is 0 Å². The van der Waals surface area contributed by atoms with Crippen molar-refractivity contribution in [3.8, 4) is 10.6 Å². The number of aromatic nitrogens is 4. The highest BCUT2D eigenvalue weighted by Gasteiger charge is 2.14. The molecule has 2 N–H and O–H groups in total. The molecule has 0 fully saturated rings. The Hall–Kier alpha value is -2.43. The van der Waals surface area contributed by atoms with Crippen LogP contribution in [0.2, 0.25) is 0 Å². The van der Waals surface area contributed by atoms with Crippen molar-refractivity contribution in [1.29, 1.82) is 0 Å². The zero-order valence-electron chi connectivity index (χ0n) is 13.7. The summed E-state index contributed by atoms with van der Waals surface area (Å²) in [4.78, 5) is 25.3. The summed E-state index contributed by atoms with van der Waals surface area (Å²) in [5, 5.41) is 16.2. The second-order valence-corrected chi connectivity index (χ2v) is 8.20. The minimum atomic E-state index is -0.327. The molecule has 3 aromatic heterocycles. The highest BCUT2D eigenvalue weighted by Crippen LogP contribution is 2.25. The van der Waals surface area contributed by atoms with Crippen LogP contribution in [0.1, 0.15) is 0 Å². The molecule has 0 bridgehead atoms. The molecule has 0 radical (unpaired) electrons. The molecule has 10 heteroatoms. The predicted molar refractivity (Wildman–Crippen MR) is 110 cm³/mol. The molecule has 0 aliphatic carbocycles. The van der Waals surface area contributed by atoms with Crippen molar-refractivity contribution in [2.75, 3.05) is 11.1 Å². The number of fused-ring (bicyclic) bond motifs is 1. The third-order valence-electron chi connectivity index (χ3n) is 3.63. The Balaban J connectivity index is 1.55. The van der Waals surface area contributed by atoms with Crippen LogP contribution in [-0.2, 0) is 4.79 Å². The number of hydrogen-bond donors (Lipinski definition) is 2. The minimum Gasteiger partial charge on any atom is -0.324 e. The van der Waals surface area contributed by atoms with Gasteiger partial charge in [-0.3, -0.25) is 9.59 Å². The summed E-state index contributed by atoms with van der Waals surface area (Å²) in [6, 6.07) is 13.0. The van der Waals surface area contributed by atoms with E-state index in [9.17, 15) is 9.59 Å². The summed E-state index contributed by atoms with van der Waals surface area (Å²) in [6.07, 6.45) is 0. The summed E-state index contributed by atoms with van der Waals surface area (Å²) < 4.78 is 2.28. The molecule has 0 spiro atoms. The van der Waals surface area contributed by atoms with Crippen LogP contribution < -0.4 is 10.9 Å². The number of rotatable bonds is 5. The fourth-order valence-corrected chi connectivity index (χ4v) is 4.18. The molecule has 0 saturated carbocycles. The standard InChI is InChI=1S/C17H12BrN5O2S2/c18-10-4-1-2-5-11(10)19-15(24)9-27-17-21-20-16(25)13-8-12(22-23(13)17)14-6-3-7-26-14/h1-8H,9H2,(H,19,24)(H,20,25). The monoisotopic (exact) mass is 461 g/mol. The number of amides is 1. The molecule has 0 unspecified atom stereocenters. The van der Waals surface area contributed by atoms with E-state index >= 15 is 0 Å². The smallest absolute Gasteiger partial charge is 0.290 e. The van der Waals surface area contributed by atoms with E-state index in [1.165, 1.54) is 27.6 Å². The van der Waals surface area contributed by atoms with Crippen LogP contribution >= 0.6 is 39.0 Å². The predicted octanol–water partition coefficient (Wildman–Crippen LogP) is 3.64. The third-order valence-corrected chi connectivity index (χ3v) is 6.14. The lowest BCUT2D eigenvalue weighted by atomic mass is 10.3. The SMILES string of the molecule is O=C(CSc1n[nH]c(=O)c2cc(-c3cccs3)nn12)Nc1ccccc1Br. The highest BCUT2D eigenvalue weighted by molar-refractivity contribution is 9.10. The van der Waals surface area contributed by atoms with Crippen LogP contribution in [0.5, 0.6) is 0 Å². The van der Waals surface area contributed by atoms with Crippen molar-refractivity contribution in [3.05, 3.63) is 62.7 Å². The number of thioether (sulfide) groups is 1. The van der Waals surface area contributed by atoms with E-state index in [1.54, 1.807) is 6.07 Å². The number of halogens is 1. The van der Waals surface area contributed by atoms with Gasteiger partial charge in [-0.2, -0.15) is 5.10 Å². The Kier molecular flexibility index (Phi) is 5.10. The van der Waals surface area contributed by atoms with Gasteiger partial charge in [0, 0.05) is 4.47 Å². The van der Waals surface area contributed by atoms with Gasteiger partial charge in [0.05, 0.1) is 16.3 Å². The molecule has 4 aromatic rings. The van der Waals surface area contributed by atoms with E-state index in [1.807, 2.05) is 41.8 Å². The molecule has 1 amide bonds. The molecular formula is C17H12BrN5O2S2. The first kappa shape index (κ1) is 18.0. The summed E-state index contributed by atoms with van der Waals surface area (Å²) in [7, 11) is 0. The number of hydrogen-bond acceptors (Lipinski definition) is 6. The van der Waals surface area contributed by atoms with Crippen LogP contribution in [-0.4, -0.2) is 31.5 Å². The maximum atomic E-state index is 12.3. The number of para-hydroxylation sites is 1. The maximum absolute atomic E-state index is 12.3. The fraction of sp³-hybridized carbons (Fsp3) is 0.0588. The first-order valence-corrected chi connectivity index (χ1v) is 10.5. The zero-order valence-corrected chi connectivity index (χ0v) is 16.9. The summed E-state index contributed by atoms with van der Waals surface area (Å²) in [6.45, 7) is 0. The highest BCUT2D eigenvalue weighted by atomic mass is 79.9. The average molecular weight is 462 g/mol. The lowest BCUT2D eigenvalue weighted by Crippen LogP contribution is -2.17. The Bertz CT molecular complexity index is 1170. The number of anilines is 1. The fourth-order valence-electron chi connectivity index (χ4n) is 2.41. The quantitative estimate of drug-likeness (QED) is 0.442. The number of carbonyl (C=O) groups is 1. The van der Waals surface area contributed by atoms with Gasteiger partial charge in [-0.1, -0.05) is 30.0 Å². The number of aromatic amines is 1. The largest absolute Gasteiger partial charge is 0.324 e. The number of thiophene rings is 1. The summed E-state index contributed by atoms with van der Waals surface area (Å²) in [5.41, 5.74) is 1.46. The molecule has 136 valence electrons. The molecule has 0 saturated heterocycles. The summed E-state index contributed by atoms with van der Waals surface area (Å²) in [5.74, 6) is -0.0531. The minimum absolute atomic E-state index is 0.129. The molecule has 0 atom stereocenters.